The fourth-order valence-electron chi connectivity index (χ4n) is 4.65. The van der Waals surface area contributed by atoms with Crippen LogP contribution in [0.15, 0.2) is 53.8 Å². The Hall–Kier alpha value is -3.99. The maximum Gasteiger partial charge on any atom is 0.264 e. The maximum absolute atomic E-state index is 13.2. The van der Waals surface area contributed by atoms with Gasteiger partial charge in [-0.05, 0) is 43.9 Å². The van der Waals surface area contributed by atoms with Gasteiger partial charge in [-0.3, -0.25) is 19.3 Å². The number of carbonyl (C=O) groups excluding carboxylic acids is 1. The summed E-state index contributed by atoms with van der Waals surface area (Å²) in [5.74, 6) is 1.06. The number of aliphatic hydroxyl groups is 1. The Morgan fingerprint density at radius 3 is 2.80 bits per heavy atom. The van der Waals surface area contributed by atoms with E-state index in [1.807, 2.05) is 35.2 Å². The first-order valence-electron chi connectivity index (χ1n) is 11.8. The Bertz CT molecular complexity index is 1430. The van der Waals surface area contributed by atoms with Crippen LogP contribution in [0.25, 0.3) is 16.7 Å². The number of aromatic nitrogens is 6. The number of hydrogen-bond acceptors (Lipinski definition) is 7. The van der Waals surface area contributed by atoms with Gasteiger partial charge >= 0.3 is 0 Å². The standard InChI is InChI=1S/C24H26N8O3/c33-22(16-4-5-16)30-10-7-24(35,8-11-30)14-31-15-25-21-19(23(31)34)13-27-32(21)18-3-1-2-17(12-18)28-20-6-9-26-29-20/h1-3,6,9,12-13,15-16,35H,4-5,7-8,10-11,14H2,(H2,26,28,29). The number of amides is 1. The lowest BCUT2D eigenvalue weighted by Gasteiger charge is -2.38. The number of rotatable bonds is 6. The van der Waals surface area contributed by atoms with Gasteiger partial charge in [-0.25, -0.2) is 9.67 Å². The van der Waals surface area contributed by atoms with Crippen LogP contribution < -0.4 is 10.9 Å². The molecule has 3 aromatic heterocycles. The molecule has 1 saturated heterocycles. The van der Waals surface area contributed by atoms with Crippen molar-refractivity contribution in [1.29, 1.82) is 0 Å². The molecule has 0 radical (unpaired) electrons. The second kappa shape index (κ2) is 8.35. The van der Waals surface area contributed by atoms with Crippen LogP contribution in [-0.4, -0.2) is 64.1 Å². The second-order valence-corrected chi connectivity index (χ2v) is 9.43. The van der Waals surface area contributed by atoms with E-state index in [2.05, 4.69) is 25.6 Å². The molecule has 11 heteroatoms. The van der Waals surface area contributed by atoms with Crippen molar-refractivity contribution in [2.24, 2.45) is 5.92 Å². The van der Waals surface area contributed by atoms with Crippen LogP contribution in [-0.2, 0) is 11.3 Å². The van der Waals surface area contributed by atoms with Crippen LogP contribution in [0.2, 0.25) is 0 Å². The maximum atomic E-state index is 13.2. The molecule has 0 spiro atoms. The van der Waals surface area contributed by atoms with Crippen molar-refractivity contribution < 1.29 is 9.90 Å². The van der Waals surface area contributed by atoms with Gasteiger partial charge in [-0.15, -0.1) is 0 Å². The molecule has 1 aliphatic carbocycles. The van der Waals surface area contributed by atoms with Gasteiger partial charge in [0, 0.05) is 37.0 Å². The zero-order valence-corrected chi connectivity index (χ0v) is 19.1. The summed E-state index contributed by atoms with van der Waals surface area (Å²) in [6, 6.07) is 9.40. The van der Waals surface area contributed by atoms with Crippen molar-refractivity contribution in [1.82, 2.24) is 34.4 Å². The number of anilines is 2. The lowest BCUT2D eigenvalue weighted by atomic mass is 9.91. The molecule has 0 unspecified atom stereocenters. The van der Waals surface area contributed by atoms with Crippen molar-refractivity contribution >= 4 is 28.4 Å². The van der Waals surface area contributed by atoms with Crippen LogP contribution in [0.3, 0.4) is 0 Å². The van der Waals surface area contributed by atoms with Crippen molar-refractivity contribution in [3.63, 3.8) is 0 Å². The van der Waals surface area contributed by atoms with Gasteiger partial charge in [-0.2, -0.15) is 10.2 Å². The molecular formula is C24H26N8O3. The molecule has 0 atom stereocenters. The monoisotopic (exact) mass is 474 g/mol. The topological polar surface area (TPSA) is 134 Å². The van der Waals surface area contributed by atoms with Crippen molar-refractivity contribution in [2.45, 2.75) is 37.8 Å². The molecule has 35 heavy (non-hydrogen) atoms. The fourth-order valence-corrected chi connectivity index (χ4v) is 4.65. The van der Waals surface area contributed by atoms with Gasteiger partial charge < -0.3 is 15.3 Å². The summed E-state index contributed by atoms with van der Waals surface area (Å²) < 4.78 is 3.07. The van der Waals surface area contributed by atoms with Gasteiger partial charge in [-0.1, -0.05) is 6.07 Å². The highest BCUT2D eigenvalue weighted by atomic mass is 16.3. The van der Waals surface area contributed by atoms with Crippen LogP contribution >= 0.6 is 0 Å². The van der Waals surface area contributed by atoms with E-state index in [1.54, 1.807) is 10.9 Å². The summed E-state index contributed by atoms with van der Waals surface area (Å²) in [6.45, 7) is 1.15. The first-order chi connectivity index (χ1) is 17.0. The number of H-pyrrole nitrogens is 1. The SMILES string of the molecule is O=C(C1CC1)N1CCC(O)(Cn2cnc3c(cnn3-c3cccc(Nc4cc[nH]n4)c3)c2=O)CC1. The number of hydrogen-bond donors (Lipinski definition) is 3. The van der Waals surface area contributed by atoms with Crippen molar-refractivity contribution in [2.75, 3.05) is 18.4 Å². The van der Waals surface area contributed by atoms with Gasteiger partial charge in [0.25, 0.3) is 5.56 Å². The molecule has 3 N–H and O–H groups in total. The number of piperidine rings is 1. The average Bonchev–Trinajstić information content (AvgIpc) is 3.41. The van der Waals surface area contributed by atoms with Gasteiger partial charge in [0.2, 0.25) is 5.91 Å². The first kappa shape index (κ1) is 21.5. The van der Waals surface area contributed by atoms with Gasteiger partial charge in [0.1, 0.15) is 11.7 Å². The van der Waals surface area contributed by atoms with E-state index >= 15 is 0 Å². The van der Waals surface area contributed by atoms with Gasteiger partial charge in [0.15, 0.2) is 11.5 Å². The molecule has 2 aliphatic rings. The lowest BCUT2D eigenvalue weighted by molar-refractivity contribution is -0.137. The highest BCUT2D eigenvalue weighted by Gasteiger charge is 2.39. The van der Waals surface area contributed by atoms with Crippen LogP contribution in [0.4, 0.5) is 11.5 Å². The summed E-state index contributed by atoms with van der Waals surface area (Å²) in [6.07, 6.45) is 7.52. The zero-order valence-electron chi connectivity index (χ0n) is 19.1. The quantitative estimate of drug-likeness (QED) is 0.388. The summed E-state index contributed by atoms with van der Waals surface area (Å²) in [5.41, 5.74) is 0.704. The predicted molar refractivity (Wildman–Crippen MR) is 128 cm³/mol. The third-order valence-electron chi connectivity index (χ3n) is 6.82. The minimum Gasteiger partial charge on any atom is -0.388 e. The number of benzene rings is 1. The van der Waals surface area contributed by atoms with E-state index in [0.717, 1.165) is 24.2 Å². The van der Waals surface area contributed by atoms with Crippen LogP contribution in [0.1, 0.15) is 25.7 Å². The molecule has 6 rings (SSSR count). The molecule has 4 aromatic rings. The molecule has 0 bridgehead atoms. The predicted octanol–water partition coefficient (Wildman–Crippen LogP) is 1.81. The molecule has 11 nitrogen and oxygen atoms in total. The van der Waals surface area contributed by atoms with Crippen LogP contribution in [0.5, 0.6) is 0 Å². The van der Waals surface area contributed by atoms with Crippen LogP contribution in [0, 0.1) is 5.92 Å². The van der Waals surface area contributed by atoms with Gasteiger partial charge in [0.05, 0.1) is 24.0 Å². The highest BCUT2D eigenvalue weighted by molar-refractivity contribution is 5.81. The van der Waals surface area contributed by atoms with E-state index in [0.29, 0.717) is 42.8 Å². The normalized spacial score (nSPS) is 17.6. The molecule has 1 amide bonds. The van der Waals surface area contributed by atoms with E-state index in [9.17, 15) is 14.7 Å². The Balaban J connectivity index is 1.22. The largest absolute Gasteiger partial charge is 0.388 e. The Morgan fingerprint density at radius 2 is 2.06 bits per heavy atom. The highest BCUT2D eigenvalue weighted by Crippen LogP contribution is 2.33. The third-order valence-corrected chi connectivity index (χ3v) is 6.82. The number of carbonyl (C=O) groups is 1. The lowest BCUT2D eigenvalue weighted by Crippen LogP contribution is -2.50. The Morgan fingerprint density at radius 1 is 1.23 bits per heavy atom. The molecule has 4 heterocycles. The summed E-state index contributed by atoms with van der Waals surface area (Å²) in [4.78, 5) is 31.9. The number of fused-ring (bicyclic) bond motifs is 1. The Labute approximate surface area is 200 Å². The third kappa shape index (κ3) is 4.18. The average molecular weight is 475 g/mol. The van der Waals surface area contributed by atoms with Crippen molar-refractivity contribution in [3.05, 3.63) is 59.4 Å². The summed E-state index contributed by atoms with van der Waals surface area (Å²) >= 11 is 0. The number of aromatic amines is 1. The molecule has 180 valence electrons. The Kier molecular flexibility index (Phi) is 5.14. The minimum atomic E-state index is -1.05. The van der Waals surface area contributed by atoms with E-state index in [4.69, 9.17) is 0 Å². The first-order valence-corrected chi connectivity index (χ1v) is 11.8. The second-order valence-electron chi connectivity index (χ2n) is 9.43. The molecule has 1 aromatic carbocycles. The van der Waals surface area contributed by atoms with Crippen molar-refractivity contribution in [3.8, 4) is 5.69 Å². The summed E-state index contributed by atoms with van der Waals surface area (Å²) in [7, 11) is 0. The molecular weight excluding hydrogens is 448 g/mol. The van der Waals surface area contributed by atoms with E-state index < -0.39 is 5.60 Å². The van der Waals surface area contributed by atoms with E-state index in [1.165, 1.54) is 17.1 Å². The smallest absolute Gasteiger partial charge is 0.264 e. The minimum absolute atomic E-state index is 0.133. The number of likely N-dealkylation sites (tertiary alicyclic amines) is 1. The number of nitrogens with one attached hydrogen (secondary N) is 2. The molecule has 1 aliphatic heterocycles. The summed E-state index contributed by atoms with van der Waals surface area (Å²) in [5, 5.41) is 26.0. The zero-order chi connectivity index (χ0) is 24.0. The fraction of sp³-hybridized carbons (Fsp3) is 0.375. The number of nitrogens with zero attached hydrogens (tertiary/aromatic N) is 6. The molecule has 1 saturated carbocycles. The van der Waals surface area contributed by atoms with E-state index in [-0.39, 0.29) is 23.9 Å². The molecule has 2 fully saturated rings.